The van der Waals surface area contributed by atoms with Crippen LogP contribution in [0.25, 0.3) is 10.9 Å². The van der Waals surface area contributed by atoms with Crippen LogP contribution in [0, 0.1) is 0 Å². The van der Waals surface area contributed by atoms with Gasteiger partial charge in [-0.1, -0.05) is 72.8 Å². The number of alkyl carbamates (subject to hydrolysis) is 1. The van der Waals surface area contributed by atoms with E-state index in [1.54, 1.807) is 42.5 Å². The van der Waals surface area contributed by atoms with Gasteiger partial charge in [0, 0.05) is 26.2 Å². The predicted octanol–water partition coefficient (Wildman–Crippen LogP) is 1.16. The average molecular weight is 617 g/mol. The molecular formula is C31H32N6O8. The van der Waals surface area contributed by atoms with Crippen LogP contribution in [-0.2, 0) is 40.6 Å². The maximum atomic E-state index is 13.4. The molecule has 1 unspecified atom stereocenters. The van der Waals surface area contributed by atoms with Crippen LogP contribution in [0.2, 0.25) is 0 Å². The smallest absolute Gasteiger partial charge is 0.408 e. The summed E-state index contributed by atoms with van der Waals surface area (Å²) in [5, 5.41) is 19.6. The molecule has 14 nitrogen and oxygen atoms in total. The molecule has 234 valence electrons. The molecule has 1 heterocycles. The maximum Gasteiger partial charge on any atom is 0.408 e. The Morgan fingerprint density at radius 3 is 2.11 bits per heavy atom. The second-order valence-electron chi connectivity index (χ2n) is 9.84. The van der Waals surface area contributed by atoms with Crippen molar-refractivity contribution in [1.29, 1.82) is 0 Å². The lowest BCUT2D eigenvalue weighted by Gasteiger charge is -2.17. The number of amides is 4. The number of rotatable bonds is 13. The molecule has 4 amide bonds. The summed E-state index contributed by atoms with van der Waals surface area (Å²) in [5.41, 5.74) is 0.410. The van der Waals surface area contributed by atoms with E-state index in [9.17, 15) is 33.9 Å². The zero-order valence-electron chi connectivity index (χ0n) is 24.1. The fraction of sp³-hybridized carbons (Fsp3) is 0.226. The lowest BCUT2D eigenvalue weighted by Crippen LogP contribution is -2.50. The highest BCUT2D eigenvalue weighted by Crippen LogP contribution is 2.07. The van der Waals surface area contributed by atoms with E-state index in [1.165, 1.54) is 12.1 Å². The van der Waals surface area contributed by atoms with Gasteiger partial charge in [0.25, 0.3) is 5.56 Å². The minimum atomic E-state index is -1.52. The molecule has 5 N–H and O–H groups in total. The molecule has 0 saturated heterocycles. The molecule has 0 radical (unpaired) electrons. The molecule has 1 aromatic heterocycles. The summed E-state index contributed by atoms with van der Waals surface area (Å²) in [7, 11) is 0. The molecule has 1 atom stereocenters. The maximum absolute atomic E-state index is 13.4. The van der Waals surface area contributed by atoms with Gasteiger partial charge in [-0.25, -0.2) is 19.2 Å². The van der Waals surface area contributed by atoms with Crippen LogP contribution in [0.1, 0.15) is 11.1 Å². The van der Waals surface area contributed by atoms with E-state index in [1.807, 2.05) is 30.3 Å². The molecule has 0 bridgehead atoms. The average Bonchev–Trinajstić information content (AvgIpc) is 3.05. The first-order valence-electron chi connectivity index (χ1n) is 14.0. The number of aromatic nitrogens is 2. The second kappa shape index (κ2) is 15.5. The van der Waals surface area contributed by atoms with E-state index >= 15 is 0 Å². The van der Waals surface area contributed by atoms with Gasteiger partial charge in [-0.15, -0.1) is 0 Å². The summed E-state index contributed by atoms with van der Waals surface area (Å²) < 4.78 is 7.04. The number of hydrogen-bond acceptors (Lipinski definition) is 7. The van der Waals surface area contributed by atoms with Gasteiger partial charge in [0.05, 0.1) is 10.9 Å². The van der Waals surface area contributed by atoms with Crippen molar-refractivity contribution in [1.82, 2.24) is 30.4 Å². The third-order valence-electron chi connectivity index (χ3n) is 6.66. The summed E-state index contributed by atoms with van der Waals surface area (Å²) in [4.78, 5) is 75.4. The number of carbonyl (C=O) groups is 4. The molecule has 4 rings (SSSR count). The number of carboxylic acids is 1. The van der Waals surface area contributed by atoms with Crippen molar-refractivity contribution in [2.45, 2.75) is 32.3 Å². The Morgan fingerprint density at radius 2 is 1.42 bits per heavy atom. The van der Waals surface area contributed by atoms with E-state index in [4.69, 9.17) is 4.74 Å². The van der Waals surface area contributed by atoms with Crippen LogP contribution in [0.15, 0.2) is 94.5 Å². The number of carbonyl (C=O) groups excluding carboxylic acids is 3. The Bertz CT molecular complexity index is 1770. The van der Waals surface area contributed by atoms with Crippen LogP contribution in [0.5, 0.6) is 0 Å². The summed E-state index contributed by atoms with van der Waals surface area (Å²) in [5.74, 6) is -2.15. The highest BCUT2D eigenvalue weighted by molar-refractivity contribution is 5.83. The zero-order valence-corrected chi connectivity index (χ0v) is 24.1. The molecule has 0 fully saturated rings. The third kappa shape index (κ3) is 9.03. The summed E-state index contributed by atoms with van der Waals surface area (Å²) in [6.07, 6.45) is -0.989. The van der Waals surface area contributed by atoms with E-state index in [2.05, 4.69) is 21.3 Å². The minimum absolute atomic E-state index is 0.0490. The van der Waals surface area contributed by atoms with Crippen LogP contribution in [0.4, 0.5) is 9.59 Å². The normalized spacial score (nSPS) is 11.3. The van der Waals surface area contributed by atoms with Crippen LogP contribution in [0.3, 0.4) is 0 Å². The first kappa shape index (κ1) is 32.0. The topological polar surface area (TPSA) is 190 Å². The van der Waals surface area contributed by atoms with Gasteiger partial charge in [-0.3, -0.25) is 18.7 Å². The van der Waals surface area contributed by atoms with Crippen LogP contribution >= 0.6 is 0 Å². The Hall–Kier alpha value is -5.92. The molecular weight excluding hydrogens is 584 g/mol. The molecule has 3 aromatic carbocycles. The first-order chi connectivity index (χ1) is 21.7. The standard InChI is InChI=1S/C31H32N6O8/c38-26(33-18-24(28(40)41)35-30(43)45-20-22-11-5-2-6-12-22)19-37-25-14-8-7-13-23(25)27(39)36(31(37)44)16-15-32-29(42)34-17-21-9-3-1-4-10-21/h1-14,24H,15-20H2,(H,33,38)(H,35,43)(H,40,41)(H2,32,34,42). The Kier molecular flexibility index (Phi) is 11.0. The van der Waals surface area contributed by atoms with Crippen molar-refractivity contribution in [3.63, 3.8) is 0 Å². The number of nitrogens with one attached hydrogen (secondary N) is 4. The molecule has 0 saturated carbocycles. The van der Waals surface area contributed by atoms with Gasteiger partial charge in [-0.2, -0.15) is 0 Å². The number of benzene rings is 3. The Morgan fingerprint density at radius 1 is 0.778 bits per heavy atom. The molecule has 0 aliphatic rings. The molecule has 0 aliphatic heterocycles. The van der Waals surface area contributed by atoms with Crippen LogP contribution < -0.4 is 32.5 Å². The Labute approximate surface area is 256 Å². The van der Waals surface area contributed by atoms with Gasteiger partial charge in [0.2, 0.25) is 5.91 Å². The fourth-order valence-corrected chi connectivity index (χ4v) is 4.37. The van der Waals surface area contributed by atoms with Gasteiger partial charge in [-0.05, 0) is 23.3 Å². The summed E-state index contributed by atoms with van der Waals surface area (Å²) >= 11 is 0. The number of urea groups is 1. The lowest BCUT2D eigenvalue weighted by molar-refractivity contribution is -0.139. The van der Waals surface area contributed by atoms with E-state index in [0.29, 0.717) is 5.56 Å². The monoisotopic (exact) mass is 616 g/mol. The van der Waals surface area contributed by atoms with Gasteiger partial charge in [0.15, 0.2) is 0 Å². The van der Waals surface area contributed by atoms with E-state index in [-0.39, 0.29) is 37.1 Å². The van der Waals surface area contributed by atoms with Gasteiger partial charge < -0.3 is 31.1 Å². The minimum Gasteiger partial charge on any atom is -0.480 e. The summed E-state index contributed by atoms with van der Waals surface area (Å²) in [6.45, 7) is -1.05. The molecule has 45 heavy (non-hydrogen) atoms. The Balaban J connectivity index is 1.38. The fourth-order valence-electron chi connectivity index (χ4n) is 4.37. The first-order valence-corrected chi connectivity index (χ1v) is 14.0. The molecule has 14 heteroatoms. The van der Waals surface area contributed by atoms with Crippen molar-refractivity contribution in [3.8, 4) is 0 Å². The van der Waals surface area contributed by atoms with Crippen molar-refractivity contribution >= 4 is 34.9 Å². The van der Waals surface area contributed by atoms with Gasteiger partial charge in [0.1, 0.15) is 19.2 Å². The number of aliphatic carboxylic acids is 1. The van der Waals surface area contributed by atoms with Crippen molar-refractivity contribution in [2.24, 2.45) is 0 Å². The number of para-hydroxylation sites is 1. The molecule has 4 aromatic rings. The van der Waals surface area contributed by atoms with E-state index in [0.717, 1.165) is 14.7 Å². The number of ether oxygens (including phenoxy) is 1. The second-order valence-corrected chi connectivity index (χ2v) is 9.84. The predicted molar refractivity (Wildman–Crippen MR) is 163 cm³/mol. The number of hydrogen-bond donors (Lipinski definition) is 5. The SMILES string of the molecule is O=C(Cn1c(=O)n(CCNC(=O)NCc2ccccc2)c(=O)c2ccccc21)NCC(NC(=O)OCc1ccccc1)C(=O)O. The van der Waals surface area contributed by atoms with Crippen LogP contribution in [-0.4, -0.2) is 57.4 Å². The highest BCUT2D eigenvalue weighted by Gasteiger charge is 2.22. The quantitative estimate of drug-likeness (QED) is 0.148. The molecule has 0 spiro atoms. The number of carboxylic acid groups (broad SMARTS) is 1. The summed E-state index contributed by atoms with van der Waals surface area (Å²) in [6, 6.07) is 22.3. The van der Waals surface area contributed by atoms with Crippen molar-refractivity contribution in [2.75, 3.05) is 13.1 Å². The van der Waals surface area contributed by atoms with Gasteiger partial charge >= 0.3 is 23.8 Å². The number of fused-ring (bicyclic) bond motifs is 1. The number of nitrogens with zero attached hydrogens (tertiary/aromatic N) is 2. The zero-order chi connectivity index (χ0) is 32.2. The van der Waals surface area contributed by atoms with Crippen molar-refractivity contribution in [3.05, 3.63) is 117 Å². The lowest BCUT2D eigenvalue weighted by atomic mass is 10.2. The van der Waals surface area contributed by atoms with Crippen molar-refractivity contribution < 1.29 is 29.0 Å². The highest BCUT2D eigenvalue weighted by atomic mass is 16.5. The van der Waals surface area contributed by atoms with E-state index < -0.39 is 54.4 Å². The third-order valence-corrected chi connectivity index (χ3v) is 6.66. The largest absolute Gasteiger partial charge is 0.480 e. The molecule has 0 aliphatic carbocycles.